The van der Waals surface area contributed by atoms with Crippen LogP contribution >= 0.6 is 22.6 Å². The molecule has 3 aromatic rings. The fraction of sp³-hybridized carbons (Fsp3) is 0.348. The average Bonchev–Trinajstić information content (AvgIpc) is 2.75. The fourth-order valence-corrected chi connectivity index (χ4v) is 5.04. The number of ether oxygens (including phenoxy) is 1. The quantitative estimate of drug-likeness (QED) is 0.408. The Morgan fingerprint density at radius 2 is 2.13 bits per heavy atom. The molecule has 156 valence electrons. The van der Waals surface area contributed by atoms with Crippen molar-refractivity contribution in [3.8, 4) is 0 Å². The van der Waals surface area contributed by atoms with Crippen LogP contribution in [-0.4, -0.2) is 40.5 Å². The Kier molecular flexibility index (Phi) is 6.48. The molecule has 1 saturated heterocycles. The van der Waals surface area contributed by atoms with E-state index in [1.54, 1.807) is 6.92 Å². The van der Waals surface area contributed by atoms with Gasteiger partial charge in [0.15, 0.2) is 0 Å². The van der Waals surface area contributed by atoms with Crippen molar-refractivity contribution >= 4 is 39.5 Å². The van der Waals surface area contributed by atoms with Crippen molar-refractivity contribution in [3.05, 3.63) is 73.3 Å². The van der Waals surface area contributed by atoms with Crippen LogP contribution < -0.4 is 5.43 Å². The molecule has 1 fully saturated rings. The van der Waals surface area contributed by atoms with Crippen LogP contribution in [0, 0.1) is 3.57 Å². The molecule has 6 nitrogen and oxygen atoms in total. The predicted octanol–water partition coefficient (Wildman–Crippen LogP) is 4.08. The second-order valence-corrected chi connectivity index (χ2v) is 8.76. The number of nitrogens with zero attached hydrogens (tertiary/aromatic N) is 2. The van der Waals surface area contributed by atoms with Gasteiger partial charge in [-0.2, -0.15) is 0 Å². The molecule has 0 bridgehead atoms. The molecule has 0 saturated carbocycles. The fourth-order valence-electron chi connectivity index (χ4n) is 4.13. The average molecular weight is 517 g/mol. The zero-order valence-corrected chi connectivity index (χ0v) is 19.0. The Balaban J connectivity index is 1.61. The number of aromatic amines is 1. The van der Waals surface area contributed by atoms with E-state index in [0.717, 1.165) is 41.6 Å². The number of esters is 1. The van der Waals surface area contributed by atoms with Gasteiger partial charge in [0.1, 0.15) is 5.56 Å². The molecule has 0 spiro atoms. The first-order valence-electron chi connectivity index (χ1n) is 10.2. The Labute approximate surface area is 188 Å². The number of rotatable bonds is 5. The molecule has 0 radical (unpaired) electrons. The van der Waals surface area contributed by atoms with Gasteiger partial charge in [-0.25, -0.2) is 4.79 Å². The van der Waals surface area contributed by atoms with E-state index in [9.17, 15) is 9.59 Å². The lowest BCUT2D eigenvalue weighted by atomic mass is 9.89. The highest BCUT2D eigenvalue weighted by atomic mass is 127. The zero-order chi connectivity index (χ0) is 21.1. The van der Waals surface area contributed by atoms with Gasteiger partial charge in [-0.3, -0.25) is 14.7 Å². The number of nitrogens with one attached hydrogen (secondary N) is 1. The molecular formula is C23H24IN3O3. The van der Waals surface area contributed by atoms with E-state index in [2.05, 4.69) is 55.7 Å². The summed E-state index contributed by atoms with van der Waals surface area (Å²) in [5, 5.41) is 0.526. The van der Waals surface area contributed by atoms with Crippen molar-refractivity contribution in [3.63, 3.8) is 0 Å². The molecule has 0 amide bonds. The Bertz CT molecular complexity index is 1110. The number of benzene rings is 1. The Morgan fingerprint density at radius 3 is 2.90 bits per heavy atom. The number of likely N-dealkylation sites (tertiary alicyclic amines) is 1. The lowest BCUT2D eigenvalue weighted by molar-refractivity contribution is 0.0524. The highest BCUT2D eigenvalue weighted by Crippen LogP contribution is 2.32. The number of aromatic nitrogens is 2. The van der Waals surface area contributed by atoms with E-state index >= 15 is 0 Å². The summed E-state index contributed by atoms with van der Waals surface area (Å²) in [6, 6.07) is 8.10. The van der Waals surface area contributed by atoms with Crippen LogP contribution in [0.15, 0.2) is 47.7 Å². The maximum absolute atomic E-state index is 12.8. The molecule has 1 unspecified atom stereocenters. The Morgan fingerprint density at radius 1 is 1.33 bits per heavy atom. The van der Waals surface area contributed by atoms with Crippen LogP contribution in [-0.2, 0) is 11.3 Å². The van der Waals surface area contributed by atoms with Gasteiger partial charge in [0.2, 0.25) is 5.43 Å². The summed E-state index contributed by atoms with van der Waals surface area (Å²) in [4.78, 5) is 34.6. The van der Waals surface area contributed by atoms with E-state index in [-0.39, 0.29) is 17.6 Å². The molecule has 4 rings (SSSR count). The van der Waals surface area contributed by atoms with E-state index in [0.29, 0.717) is 11.3 Å². The summed E-state index contributed by atoms with van der Waals surface area (Å²) < 4.78 is 6.05. The van der Waals surface area contributed by atoms with Gasteiger partial charge in [-0.1, -0.05) is 0 Å². The normalized spacial score (nSPS) is 17.2. The molecule has 2 aromatic heterocycles. The summed E-state index contributed by atoms with van der Waals surface area (Å²) in [7, 11) is 0. The maximum atomic E-state index is 12.8. The topological polar surface area (TPSA) is 75.3 Å². The summed E-state index contributed by atoms with van der Waals surface area (Å²) >= 11 is 2.31. The lowest BCUT2D eigenvalue weighted by Gasteiger charge is -2.33. The number of hydrogen-bond donors (Lipinski definition) is 1. The van der Waals surface area contributed by atoms with Crippen LogP contribution in [0.5, 0.6) is 0 Å². The van der Waals surface area contributed by atoms with E-state index in [4.69, 9.17) is 4.74 Å². The lowest BCUT2D eigenvalue weighted by Crippen LogP contribution is -2.34. The first kappa shape index (κ1) is 21.0. The molecule has 1 atom stereocenters. The van der Waals surface area contributed by atoms with E-state index < -0.39 is 5.97 Å². The standard InChI is InChI=1S/C23H24IN3O3/c1-2-30-23(29)19-12-26-21-11-17(20(24)10-18(21)22(19)28)16-4-3-9-27(14-16)13-15-5-7-25-8-6-15/h5-8,10-12,16H,2-4,9,13-14H2,1H3,(H,26,28). The SMILES string of the molecule is CCOC(=O)c1c[nH]c2cc(C3CCCN(Cc4ccncc4)C3)c(I)cc2c1=O. The number of carbonyl (C=O) groups is 1. The van der Waals surface area contributed by atoms with Crippen LogP contribution in [0.3, 0.4) is 0 Å². The van der Waals surface area contributed by atoms with E-state index in [1.165, 1.54) is 17.3 Å². The number of piperidine rings is 1. The Hall–Kier alpha value is -2.26. The second-order valence-electron chi connectivity index (χ2n) is 7.60. The van der Waals surface area contributed by atoms with Crippen LogP contribution in [0.25, 0.3) is 10.9 Å². The van der Waals surface area contributed by atoms with Gasteiger partial charge in [-0.05, 0) is 90.2 Å². The van der Waals surface area contributed by atoms with Gasteiger partial charge < -0.3 is 9.72 Å². The number of pyridine rings is 2. The summed E-state index contributed by atoms with van der Waals surface area (Å²) in [5.41, 5.74) is 3.05. The molecule has 7 heteroatoms. The zero-order valence-electron chi connectivity index (χ0n) is 16.9. The van der Waals surface area contributed by atoms with Gasteiger partial charge in [0.05, 0.1) is 6.61 Å². The number of halogens is 1. The maximum Gasteiger partial charge on any atom is 0.343 e. The molecule has 0 aliphatic carbocycles. The first-order valence-corrected chi connectivity index (χ1v) is 11.3. The van der Waals surface area contributed by atoms with Crippen molar-refractivity contribution < 1.29 is 9.53 Å². The van der Waals surface area contributed by atoms with Crippen molar-refractivity contribution in [1.29, 1.82) is 0 Å². The summed E-state index contributed by atoms with van der Waals surface area (Å²) in [6.07, 6.45) is 7.41. The molecule has 3 heterocycles. The number of carbonyl (C=O) groups excluding carboxylic acids is 1. The van der Waals surface area contributed by atoms with Gasteiger partial charge in [0.25, 0.3) is 0 Å². The highest BCUT2D eigenvalue weighted by molar-refractivity contribution is 14.1. The largest absolute Gasteiger partial charge is 0.462 e. The van der Waals surface area contributed by atoms with Crippen molar-refractivity contribution in [2.75, 3.05) is 19.7 Å². The minimum Gasteiger partial charge on any atom is -0.462 e. The minimum atomic E-state index is -0.584. The number of H-pyrrole nitrogens is 1. The second kappa shape index (κ2) is 9.26. The van der Waals surface area contributed by atoms with Gasteiger partial charge in [0, 0.05) is 46.2 Å². The molecule has 1 aliphatic heterocycles. The number of fused-ring (bicyclic) bond motifs is 1. The van der Waals surface area contributed by atoms with Crippen LogP contribution in [0.1, 0.15) is 47.2 Å². The smallest absolute Gasteiger partial charge is 0.343 e. The summed E-state index contributed by atoms with van der Waals surface area (Å²) in [6.45, 7) is 4.95. The van der Waals surface area contributed by atoms with E-state index in [1.807, 2.05) is 18.5 Å². The first-order chi connectivity index (χ1) is 14.6. The monoisotopic (exact) mass is 517 g/mol. The third-order valence-electron chi connectivity index (χ3n) is 5.59. The van der Waals surface area contributed by atoms with Crippen molar-refractivity contribution in [1.82, 2.24) is 14.9 Å². The third kappa shape index (κ3) is 4.41. The minimum absolute atomic E-state index is 0.0501. The summed E-state index contributed by atoms with van der Waals surface area (Å²) in [5.74, 6) is -0.177. The van der Waals surface area contributed by atoms with Crippen LogP contribution in [0.2, 0.25) is 0 Å². The molecule has 1 aromatic carbocycles. The number of hydrogen-bond acceptors (Lipinski definition) is 5. The van der Waals surface area contributed by atoms with Crippen LogP contribution in [0.4, 0.5) is 0 Å². The molecule has 30 heavy (non-hydrogen) atoms. The molecule has 1 N–H and O–H groups in total. The molecule has 1 aliphatic rings. The molecular weight excluding hydrogens is 493 g/mol. The third-order valence-corrected chi connectivity index (χ3v) is 6.53. The predicted molar refractivity (Wildman–Crippen MR) is 125 cm³/mol. The van der Waals surface area contributed by atoms with Gasteiger partial charge >= 0.3 is 5.97 Å². The van der Waals surface area contributed by atoms with Crippen molar-refractivity contribution in [2.24, 2.45) is 0 Å². The van der Waals surface area contributed by atoms with Gasteiger partial charge in [-0.15, -0.1) is 0 Å². The highest BCUT2D eigenvalue weighted by Gasteiger charge is 2.24. The van der Waals surface area contributed by atoms with Crippen molar-refractivity contribution in [2.45, 2.75) is 32.2 Å².